The van der Waals surface area contributed by atoms with Gasteiger partial charge < -0.3 is 19.7 Å². The van der Waals surface area contributed by atoms with Crippen LogP contribution in [-0.4, -0.2) is 21.8 Å². The number of methoxy groups -OCH3 is 1. The summed E-state index contributed by atoms with van der Waals surface area (Å²) in [6.45, 7) is 3.72. The summed E-state index contributed by atoms with van der Waals surface area (Å²) in [4.78, 5) is 4.32. The number of aryl methyl sites for hydroxylation is 1. The molecular weight excluding hydrogens is 242 g/mol. The van der Waals surface area contributed by atoms with Crippen molar-refractivity contribution in [2.75, 3.05) is 12.4 Å². The number of benzene rings is 1. The van der Waals surface area contributed by atoms with Crippen LogP contribution in [0.1, 0.15) is 19.2 Å². The number of phenolic OH excluding ortho intramolecular Hbond substituents is 1. The van der Waals surface area contributed by atoms with Gasteiger partial charge in [-0.3, -0.25) is 0 Å². The quantitative estimate of drug-likeness (QED) is 0.839. The second kappa shape index (κ2) is 6.13. The fraction of sp³-hybridized carbons (Fsp3) is 0.357. The first-order valence-corrected chi connectivity index (χ1v) is 6.35. The van der Waals surface area contributed by atoms with Crippen molar-refractivity contribution in [1.82, 2.24) is 9.55 Å². The Bertz CT molecular complexity index is 537. The molecule has 102 valence electrons. The molecule has 0 fully saturated rings. The topological polar surface area (TPSA) is 59.3 Å². The molecule has 2 N–H and O–H groups in total. The highest BCUT2D eigenvalue weighted by molar-refractivity contribution is 5.54. The van der Waals surface area contributed by atoms with Gasteiger partial charge >= 0.3 is 0 Å². The van der Waals surface area contributed by atoms with Crippen molar-refractivity contribution in [3.8, 4) is 11.5 Å². The highest BCUT2D eigenvalue weighted by atomic mass is 16.5. The van der Waals surface area contributed by atoms with Gasteiger partial charge in [-0.15, -0.1) is 0 Å². The van der Waals surface area contributed by atoms with Crippen LogP contribution < -0.4 is 10.1 Å². The number of phenols is 1. The van der Waals surface area contributed by atoms with Crippen molar-refractivity contribution >= 4 is 5.69 Å². The van der Waals surface area contributed by atoms with Crippen LogP contribution in [0.2, 0.25) is 0 Å². The summed E-state index contributed by atoms with van der Waals surface area (Å²) in [5.41, 5.74) is 0.837. The summed E-state index contributed by atoms with van der Waals surface area (Å²) in [7, 11) is 1.53. The summed E-state index contributed by atoms with van der Waals surface area (Å²) in [6.07, 6.45) is 4.86. The molecule has 0 saturated heterocycles. The fourth-order valence-electron chi connectivity index (χ4n) is 1.93. The molecule has 0 aliphatic heterocycles. The molecule has 2 rings (SSSR count). The summed E-state index contributed by atoms with van der Waals surface area (Å²) in [5, 5.41) is 12.9. The molecule has 0 spiro atoms. The second-order valence-corrected chi connectivity index (χ2v) is 4.28. The van der Waals surface area contributed by atoms with E-state index in [1.807, 2.05) is 12.3 Å². The first-order valence-electron chi connectivity index (χ1n) is 6.35. The molecule has 0 aliphatic carbocycles. The molecule has 0 atom stereocenters. The average molecular weight is 261 g/mol. The molecule has 1 heterocycles. The zero-order chi connectivity index (χ0) is 13.7. The van der Waals surface area contributed by atoms with Gasteiger partial charge in [-0.2, -0.15) is 0 Å². The molecule has 5 heteroatoms. The third-order valence-electron chi connectivity index (χ3n) is 2.90. The van der Waals surface area contributed by atoms with Gasteiger partial charge in [0.1, 0.15) is 5.82 Å². The standard InChI is InChI=1S/C14H19N3O2/c1-3-7-17-8-6-15-14(17)10-16-11-4-5-13(19-2)12(18)9-11/h4-6,8-9,16,18H,3,7,10H2,1-2H3. The summed E-state index contributed by atoms with van der Waals surface area (Å²) in [5.74, 6) is 1.58. The number of aromatic nitrogens is 2. The molecule has 1 aromatic heterocycles. The van der Waals surface area contributed by atoms with E-state index in [0.717, 1.165) is 24.5 Å². The lowest BCUT2D eigenvalue weighted by Gasteiger charge is -2.10. The van der Waals surface area contributed by atoms with Gasteiger partial charge in [0, 0.05) is 30.7 Å². The van der Waals surface area contributed by atoms with Crippen LogP contribution in [0.4, 0.5) is 5.69 Å². The number of rotatable bonds is 6. The molecule has 0 saturated carbocycles. The maximum Gasteiger partial charge on any atom is 0.160 e. The van der Waals surface area contributed by atoms with Crippen LogP contribution in [0.5, 0.6) is 11.5 Å². The molecule has 2 aromatic rings. The second-order valence-electron chi connectivity index (χ2n) is 4.28. The smallest absolute Gasteiger partial charge is 0.160 e. The van der Waals surface area contributed by atoms with Gasteiger partial charge in [0.2, 0.25) is 0 Å². The van der Waals surface area contributed by atoms with Gasteiger partial charge in [0.15, 0.2) is 11.5 Å². The Hall–Kier alpha value is -2.17. The van der Waals surface area contributed by atoms with Gasteiger partial charge in [0.25, 0.3) is 0 Å². The zero-order valence-electron chi connectivity index (χ0n) is 11.3. The Labute approximate surface area is 112 Å². The first kappa shape index (κ1) is 13.3. The fourth-order valence-corrected chi connectivity index (χ4v) is 1.93. The van der Waals surface area contributed by atoms with E-state index < -0.39 is 0 Å². The van der Waals surface area contributed by atoms with E-state index in [2.05, 4.69) is 21.8 Å². The maximum atomic E-state index is 9.70. The Balaban J connectivity index is 2.02. The first-order chi connectivity index (χ1) is 9.24. The molecule has 0 bridgehead atoms. The Kier molecular flexibility index (Phi) is 4.28. The number of hydrogen-bond acceptors (Lipinski definition) is 4. The van der Waals surface area contributed by atoms with Gasteiger partial charge in [0.05, 0.1) is 13.7 Å². The van der Waals surface area contributed by atoms with E-state index in [1.54, 1.807) is 18.3 Å². The highest BCUT2D eigenvalue weighted by Crippen LogP contribution is 2.28. The van der Waals surface area contributed by atoms with Crippen LogP contribution in [0, 0.1) is 0 Å². The van der Waals surface area contributed by atoms with Crippen LogP contribution >= 0.6 is 0 Å². The van der Waals surface area contributed by atoms with Crippen LogP contribution in [0.3, 0.4) is 0 Å². The van der Waals surface area contributed by atoms with E-state index >= 15 is 0 Å². The number of hydrogen-bond donors (Lipinski definition) is 2. The van der Waals surface area contributed by atoms with E-state index in [-0.39, 0.29) is 5.75 Å². The SMILES string of the molecule is CCCn1ccnc1CNc1ccc(OC)c(O)c1. The normalized spacial score (nSPS) is 10.4. The lowest BCUT2D eigenvalue weighted by molar-refractivity contribution is 0.373. The van der Waals surface area contributed by atoms with Crippen molar-refractivity contribution in [2.24, 2.45) is 0 Å². The van der Waals surface area contributed by atoms with Gasteiger partial charge in [-0.05, 0) is 18.6 Å². The van der Waals surface area contributed by atoms with Crippen molar-refractivity contribution in [3.63, 3.8) is 0 Å². The molecule has 19 heavy (non-hydrogen) atoms. The Morgan fingerprint density at radius 3 is 2.95 bits per heavy atom. The number of aromatic hydroxyl groups is 1. The van der Waals surface area contributed by atoms with Gasteiger partial charge in [-0.1, -0.05) is 6.92 Å². The van der Waals surface area contributed by atoms with E-state index in [4.69, 9.17) is 4.74 Å². The number of imidazole rings is 1. The Morgan fingerprint density at radius 2 is 2.26 bits per heavy atom. The average Bonchev–Trinajstić information content (AvgIpc) is 2.84. The van der Waals surface area contributed by atoms with Crippen molar-refractivity contribution in [1.29, 1.82) is 0 Å². The van der Waals surface area contributed by atoms with Crippen molar-refractivity contribution < 1.29 is 9.84 Å². The predicted octanol–water partition coefficient (Wildman–Crippen LogP) is 2.62. The molecular formula is C14H19N3O2. The third-order valence-corrected chi connectivity index (χ3v) is 2.90. The van der Waals surface area contributed by atoms with E-state index in [1.165, 1.54) is 7.11 Å². The van der Waals surface area contributed by atoms with Crippen molar-refractivity contribution in [3.05, 3.63) is 36.4 Å². The third kappa shape index (κ3) is 3.19. The largest absolute Gasteiger partial charge is 0.504 e. The molecule has 5 nitrogen and oxygen atoms in total. The number of ether oxygens (including phenoxy) is 1. The number of nitrogens with one attached hydrogen (secondary N) is 1. The van der Waals surface area contributed by atoms with Gasteiger partial charge in [-0.25, -0.2) is 4.98 Å². The summed E-state index contributed by atoms with van der Waals surface area (Å²) < 4.78 is 7.13. The number of anilines is 1. The monoisotopic (exact) mass is 261 g/mol. The predicted molar refractivity (Wildman–Crippen MR) is 74.5 cm³/mol. The molecule has 1 aromatic carbocycles. The molecule has 0 radical (unpaired) electrons. The van der Waals surface area contributed by atoms with E-state index in [0.29, 0.717) is 12.3 Å². The summed E-state index contributed by atoms with van der Waals surface area (Å²) >= 11 is 0. The molecule has 0 aliphatic rings. The minimum Gasteiger partial charge on any atom is -0.504 e. The highest BCUT2D eigenvalue weighted by Gasteiger charge is 2.04. The minimum atomic E-state index is 0.129. The molecule has 0 amide bonds. The van der Waals surface area contributed by atoms with Crippen LogP contribution in [0.15, 0.2) is 30.6 Å². The van der Waals surface area contributed by atoms with Crippen LogP contribution in [-0.2, 0) is 13.1 Å². The van der Waals surface area contributed by atoms with Crippen molar-refractivity contribution in [2.45, 2.75) is 26.4 Å². The van der Waals surface area contributed by atoms with E-state index in [9.17, 15) is 5.11 Å². The lowest BCUT2D eigenvalue weighted by Crippen LogP contribution is -2.08. The maximum absolute atomic E-state index is 9.70. The summed E-state index contributed by atoms with van der Waals surface area (Å²) in [6, 6.07) is 5.24. The number of nitrogens with zero attached hydrogens (tertiary/aromatic N) is 2. The zero-order valence-corrected chi connectivity index (χ0v) is 11.3. The lowest BCUT2D eigenvalue weighted by atomic mass is 10.2. The van der Waals surface area contributed by atoms with Crippen LogP contribution in [0.25, 0.3) is 0 Å². The molecule has 0 unspecified atom stereocenters. The Morgan fingerprint density at radius 1 is 1.42 bits per heavy atom. The minimum absolute atomic E-state index is 0.129.